The summed E-state index contributed by atoms with van der Waals surface area (Å²) in [5.41, 5.74) is 1.70. The van der Waals surface area contributed by atoms with Crippen LogP contribution in [0.1, 0.15) is 34.4 Å². The van der Waals surface area contributed by atoms with Crippen LogP contribution < -0.4 is 4.74 Å². The average Bonchev–Trinajstić information content (AvgIpc) is 3.05. The van der Waals surface area contributed by atoms with Crippen molar-refractivity contribution in [2.45, 2.75) is 19.8 Å². The molecule has 3 rings (SSSR count). The lowest BCUT2D eigenvalue weighted by atomic mass is 10.0. The van der Waals surface area contributed by atoms with Crippen LogP contribution >= 0.6 is 0 Å². The van der Waals surface area contributed by atoms with E-state index in [2.05, 4.69) is 0 Å². The number of carbonyl (C=O) groups excluding carboxylic acids is 1. The monoisotopic (exact) mass is 242 g/mol. The maximum atomic E-state index is 12.4. The number of fused-ring (bicyclic) bond motifs is 1. The van der Waals surface area contributed by atoms with E-state index in [1.54, 1.807) is 12.1 Å². The molecule has 3 nitrogen and oxygen atoms in total. The Morgan fingerprint density at radius 2 is 2.17 bits per heavy atom. The van der Waals surface area contributed by atoms with Gasteiger partial charge in [0.05, 0.1) is 12.2 Å². The number of hydrogen-bond acceptors (Lipinski definition) is 3. The van der Waals surface area contributed by atoms with Gasteiger partial charge in [-0.25, -0.2) is 0 Å². The summed E-state index contributed by atoms with van der Waals surface area (Å²) in [5.74, 6) is 1.83. The van der Waals surface area contributed by atoms with Crippen molar-refractivity contribution in [2.75, 3.05) is 6.61 Å². The first-order valence-corrected chi connectivity index (χ1v) is 6.17. The Morgan fingerprint density at radius 1 is 1.28 bits per heavy atom. The summed E-state index contributed by atoms with van der Waals surface area (Å²) in [6.07, 6.45) is 1.66. The first kappa shape index (κ1) is 11.1. The van der Waals surface area contributed by atoms with Gasteiger partial charge >= 0.3 is 0 Å². The van der Waals surface area contributed by atoms with E-state index in [4.69, 9.17) is 9.15 Å². The summed E-state index contributed by atoms with van der Waals surface area (Å²) < 4.78 is 11.0. The van der Waals surface area contributed by atoms with Crippen LogP contribution in [0.15, 0.2) is 34.7 Å². The highest BCUT2D eigenvalue weighted by molar-refractivity contribution is 6.09. The number of ketones is 1. The van der Waals surface area contributed by atoms with E-state index in [1.165, 1.54) is 0 Å². The quantitative estimate of drug-likeness (QED) is 0.777. The molecule has 1 aliphatic heterocycles. The predicted octanol–water partition coefficient (Wildman–Crippen LogP) is 3.01. The Kier molecular flexibility index (Phi) is 2.67. The molecule has 18 heavy (non-hydrogen) atoms. The molecule has 1 aromatic heterocycles. The van der Waals surface area contributed by atoms with E-state index >= 15 is 0 Å². The maximum absolute atomic E-state index is 12.4. The molecule has 1 aromatic carbocycles. The zero-order valence-electron chi connectivity index (χ0n) is 10.2. The van der Waals surface area contributed by atoms with Crippen molar-refractivity contribution in [3.63, 3.8) is 0 Å². The molecule has 2 heterocycles. The number of carbonyl (C=O) groups is 1. The molecule has 0 bridgehead atoms. The average molecular weight is 242 g/mol. The largest absolute Gasteiger partial charge is 0.492 e. The molecule has 0 saturated heterocycles. The van der Waals surface area contributed by atoms with Crippen molar-refractivity contribution in [3.8, 4) is 5.75 Å². The van der Waals surface area contributed by atoms with Crippen LogP contribution in [-0.2, 0) is 12.8 Å². The number of benzene rings is 1. The third-order valence-electron chi connectivity index (χ3n) is 3.19. The summed E-state index contributed by atoms with van der Waals surface area (Å²) in [7, 11) is 0. The maximum Gasteiger partial charge on any atom is 0.231 e. The molecule has 2 aromatic rings. The number of rotatable bonds is 3. The van der Waals surface area contributed by atoms with Crippen molar-refractivity contribution in [1.82, 2.24) is 0 Å². The van der Waals surface area contributed by atoms with Gasteiger partial charge in [-0.2, -0.15) is 0 Å². The minimum Gasteiger partial charge on any atom is -0.492 e. The molecule has 1 aliphatic rings. The van der Waals surface area contributed by atoms with E-state index in [0.717, 1.165) is 29.9 Å². The fraction of sp³-hybridized carbons (Fsp3) is 0.267. The van der Waals surface area contributed by atoms with E-state index < -0.39 is 0 Å². The summed E-state index contributed by atoms with van der Waals surface area (Å²) in [6.45, 7) is 2.65. The summed E-state index contributed by atoms with van der Waals surface area (Å²) in [6, 6.07) is 9.26. The summed E-state index contributed by atoms with van der Waals surface area (Å²) in [5, 5.41) is 0. The number of furan rings is 1. The Balaban J connectivity index is 2.00. The van der Waals surface area contributed by atoms with Gasteiger partial charge < -0.3 is 9.15 Å². The van der Waals surface area contributed by atoms with Crippen molar-refractivity contribution < 1.29 is 13.9 Å². The topological polar surface area (TPSA) is 39.4 Å². The molecule has 0 spiro atoms. The number of hydrogen-bond donors (Lipinski definition) is 0. The zero-order valence-corrected chi connectivity index (χ0v) is 10.2. The molecule has 92 valence electrons. The molecule has 0 radical (unpaired) electrons. The molecular weight excluding hydrogens is 228 g/mol. The second-order valence-corrected chi connectivity index (χ2v) is 4.34. The van der Waals surface area contributed by atoms with Crippen LogP contribution in [0.3, 0.4) is 0 Å². The van der Waals surface area contributed by atoms with Gasteiger partial charge in [0.15, 0.2) is 5.76 Å². The Morgan fingerprint density at radius 3 is 2.94 bits per heavy atom. The van der Waals surface area contributed by atoms with Gasteiger partial charge in [-0.15, -0.1) is 0 Å². The number of para-hydroxylation sites is 1. The van der Waals surface area contributed by atoms with Crippen molar-refractivity contribution in [3.05, 3.63) is 53.0 Å². The lowest BCUT2D eigenvalue weighted by Gasteiger charge is -2.05. The molecule has 0 unspecified atom stereocenters. The van der Waals surface area contributed by atoms with Gasteiger partial charge in [-0.1, -0.05) is 19.1 Å². The Bertz CT molecular complexity index is 596. The van der Waals surface area contributed by atoms with Crippen LogP contribution in [0.25, 0.3) is 0 Å². The highest BCUT2D eigenvalue weighted by Crippen LogP contribution is 2.31. The van der Waals surface area contributed by atoms with Gasteiger partial charge in [0, 0.05) is 12.8 Å². The van der Waals surface area contributed by atoms with Crippen molar-refractivity contribution >= 4 is 5.78 Å². The van der Waals surface area contributed by atoms with Crippen LogP contribution in [0.5, 0.6) is 5.75 Å². The third-order valence-corrected chi connectivity index (χ3v) is 3.19. The molecule has 0 saturated carbocycles. The Hall–Kier alpha value is -2.03. The molecule has 0 amide bonds. The lowest BCUT2D eigenvalue weighted by molar-refractivity contribution is 0.100. The molecule has 3 heteroatoms. The number of aryl methyl sites for hydroxylation is 1. The van der Waals surface area contributed by atoms with Gasteiger partial charge in [-0.05, 0) is 23.8 Å². The molecule has 0 atom stereocenters. The highest BCUT2D eigenvalue weighted by Gasteiger charge is 2.23. The normalized spacial score (nSPS) is 13.2. The second-order valence-electron chi connectivity index (χ2n) is 4.34. The fourth-order valence-corrected chi connectivity index (χ4v) is 2.22. The Labute approximate surface area is 105 Å². The third kappa shape index (κ3) is 1.72. The smallest absolute Gasteiger partial charge is 0.231 e. The standard InChI is InChI=1S/C15H14O3/c1-2-11-6-7-13(18-11)14(16)12-5-3-4-10-8-9-17-15(10)12/h3-7H,2,8-9H2,1H3. The van der Waals surface area contributed by atoms with E-state index in [-0.39, 0.29) is 5.78 Å². The minimum absolute atomic E-state index is 0.103. The van der Waals surface area contributed by atoms with Gasteiger partial charge in [-0.3, -0.25) is 4.79 Å². The van der Waals surface area contributed by atoms with Gasteiger partial charge in [0.1, 0.15) is 11.5 Å². The fourth-order valence-electron chi connectivity index (χ4n) is 2.22. The first-order chi connectivity index (χ1) is 8.79. The molecule has 0 aliphatic carbocycles. The van der Waals surface area contributed by atoms with E-state index in [1.807, 2.05) is 25.1 Å². The van der Waals surface area contributed by atoms with Gasteiger partial charge in [0.25, 0.3) is 0 Å². The minimum atomic E-state index is -0.103. The number of ether oxygens (including phenoxy) is 1. The predicted molar refractivity (Wildman–Crippen MR) is 67.2 cm³/mol. The highest BCUT2D eigenvalue weighted by atomic mass is 16.5. The second kappa shape index (κ2) is 4.33. The van der Waals surface area contributed by atoms with Crippen LogP contribution in [0.2, 0.25) is 0 Å². The van der Waals surface area contributed by atoms with Crippen LogP contribution in [0, 0.1) is 0 Å². The molecule has 0 N–H and O–H groups in total. The van der Waals surface area contributed by atoms with Crippen molar-refractivity contribution in [1.29, 1.82) is 0 Å². The van der Waals surface area contributed by atoms with Crippen molar-refractivity contribution in [2.24, 2.45) is 0 Å². The van der Waals surface area contributed by atoms with E-state index in [9.17, 15) is 4.79 Å². The van der Waals surface area contributed by atoms with Crippen LogP contribution in [-0.4, -0.2) is 12.4 Å². The lowest BCUT2D eigenvalue weighted by Crippen LogP contribution is -2.02. The molecule has 0 fully saturated rings. The van der Waals surface area contributed by atoms with Crippen LogP contribution in [0.4, 0.5) is 0 Å². The summed E-state index contributed by atoms with van der Waals surface area (Å²) >= 11 is 0. The van der Waals surface area contributed by atoms with E-state index in [0.29, 0.717) is 17.9 Å². The SMILES string of the molecule is CCc1ccc(C(=O)c2cccc3c2OCC3)o1. The van der Waals surface area contributed by atoms with Gasteiger partial charge in [0.2, 0.25) is 5.78 Å². The summed E-state index contributed by atoms with van der Waals surface area (Å²) in [4.78, 5) is 12.4. The first-order valence-electron chi connectivity index (χ1n) is 6.17. The zero-order chi connectivity index (χ0) is 12.5. The molecular formula is C15H14O3.